The van der Waals surface area contributed by atoms with Gasteiger partial charge in [-0.05, 0) is 96.6 Å². The standard InChI is InChI=1S/C80H105ClN22O18/c1-50-8-9-53-42-52(11-15-62(53)103(50)51(2)104)57-13-10-54(43-58(57)59-44-55(82)12-14-60(59)81)74(108)87-23-26-114-28-30-116-32-34-118-36-38-120-40-41-121-39-37-119-35-33-117-31-29-115-27-24-88-77(111)71-95-64(47-100(71)5)92-68(106)17-21-86-76(110)70-61(19-25-98(70)3)91-79(113)73-97-66(49-102(73)7)93-67(105)16-20-85-75(109)63-45-56(46-99(63)4)90-78(112)72-96-65(48-101(72)6)94-69(107)18-22-89-80(83)84/h10-15,19,25,42-50H,8-9,16-18,20-24,26-41,82H2,1-7H3,(H,85,109)(H,86,110)(H,87,108)(H,88,111)(H,90,112)(H,91,113)(H,92,106)(H,93,105)(H,94,107)(H4,83,84,89)/t50-/m0/s1. The van der Waals surface area contributed by atoms with Crippen molar-refractivity contribution in [1.82, 2.24) is 64.4 Å². The van der Waals surface area contributed by atoms with E-state index in [0.29, 0.717) is 114 Å². The molecule has 6 heterocycles. The monoisotopic (exact) mass is 1700 g/mol. The number of nitrogens with one attached hydrogen (secondary N) is 11. The normalized spacial score (nSPS) is 12.3. The number of nitrogen functional groups attached to an aromatic ring is 1. The number of imidazole rings is 3. The molecule has 0 aliphatic carbocycles. The summed E-state index contributed by atoms with van der Waals surface area (Å²) in [5.41, 5.74) is 18.3. The quantitative estimate of drug-likeness (QED) is 0.0111. The summed E-state index contributed by atoms with van der Waals surface area (Å²) in [5, 5.41) is 34.3. The van der Waals surface area contributed by atoms with E-state index in [4.69, 9.17) is 66.4 Å². The van der Waals surface area contributed by atoms with Crippen molar-refractivity contribution in [2.45, 2.75) is 52.0 Å². The first kappa shape index (κ1) is 92.5. The summed E-state index contributed by atoms with van der Waals surface area (Å²) in [6.45, 7) is 9.67. The molecule has 0 spiro atoms. The van der Waals surface area contributed by atoms with Crippen molar-refractivity contribution in [2.24, 2.45) is 41.0 Å². The second kappa shape index (κ2) is 46.8. The number of hydrogen-bond acceptors (Lipinski definition) is 23. The molecule has 8 aromatic rings. The van der Waals surface area contributed by atoms with Gasteiger partial charge in [-0.25, -0.2) is 15.0 Å². The Balaban J connectivity index is 0.536. The number of carbonyl (C=O) groups excluding carboxylic acids is 10. The van der Waals surface area contributed by atoms with Gasteiger partial charge in [0.25, 0.3) is 35.4 Å². The fourth-order valence-corrected chi connectivity index (χ4v) is 12.9. The average Bonchev–Trinajstić information content (AvgIpc) is 1.67. The van der Waals surface area contributed by atoms with Gasteiger partial charge in [-0.15, -0.1) is 0 Å². The van der Waals surface area contributed by atoms with E-state index in [1.165, 1.54) is 66.8 Å². The van der Waals surface area contributed by atoms with Crippen LogP contribution in [0.5, 0.6) is 0 Å². The lowest BCUT2D eigenvalue weighted by Crippen LogP contribution is -2.40. The van der Waals surface area contributed by atoms with Gasteiger partial charge in [0, 0.05) is 159 Å². The van der Waals surface area contributed by atoms with Crippen molar-refractivity contribution in [1.29, 1.82) is 5.41 Å². The zero-order valence-corrected chi connectivity index (χ0v) is 69.4. The van der Waals surface area contributed by atoms with Crippen LogP contribution in [-0.2, 0) is 98.7 Å². The van der Waals surface area contributed by atoms with E-state index in [1.54, 1.807) is 65.6 Å². The molecule has 0 saturated carbocycles. The molecule has 0 unspecified atom stereocenters. The Labute approximate surface area is 702 Å². The molecule has 0 radical (unpaired) electrons. The van der Waals surface area contributed by atoms with E-state index in [0.717, 1.165) is 40.8 Å². The SMILES string of the molecule is CC(=O)N1c2ccc(-c3ccc(C(=O)NCCOCCOCCOCCOCCOCCOCCOCCOCCNC(=O)c4nc(NC(=O)CCNC(=O)c5c(NC(=O)c6nc(NC(=O)CCNC(=O)c7cc(NC(=O)c8nc(NC(=O)CCNC(=N)N)cn8C)cn7C)cn6C)ccn5C)cn4C)cc3-c3cc(N)ccc3Cl)cc2CC[C@@H]1C. The van der Waals surface area contributed by atoms with Crippen molar-refractivity contribution in [3.8, 4) is 22.3 Å². The van der Waals surface area contributed by atoms with Gasteiger partial charge in [-0.2, -0.15) is 0 Å². The molecule has 1 aliphatic rings. The minimum Gasteiger partial charge on any atom is -0.399 e. The Morgan fingerprint density at radius 3 is 1.43 bits per heavy atom. The maximum atomic E-state index is 13.5. The summed E-state index contributed by atoms with van der Waals surface area (Å²) in [7, 11) is 7.87. The van der Waals surface area contributed by atoms with E-state index in [1.807, 2.05) is 29.2 Å². The molecular formula is C80H105ClN22O18. The molecule has 5 aromatic heterocycles. The number of hydrogen-bond donors (Lipinski definition) is 13. The highest BCUT2D eigenvalue weighted by Gasteiger charge is 2.29. The van der Waals surface area contributed by atoms with Gasteiger partial charge in [0.05, 0.1) is 117 Å². The van der Waals surface area contributed by atoms with Crippen molar-refractivity contribution in [3.05, 3.63) is 143 Å². The third kappa shape index (κ3) is 28.4. The van der Waals surface area contributed by atoms with Gasteiger partial charge >= 0.3 is 0 Å². The largest absolute Gasteiger partial charge is 0.399 e. The lowest BCUT2D eigenvalue weighted by atomic mass is 9.89. The molecular weight excluding hydrogens is 1590 g/mol. The first-order chi connectivity index (χ1) is 58.2. The van der Waals surface area contributed by atoms with Gasteiger partial charge in [0.1, 0.15) is 11.4 Å². The zero-order valence-electron chi connectivity index (χ0n) is 68.6. The Kier molecular flexibility index (Phi) is 35.8. The second-order valence-electron chi connectivity index (χ2n) is 27.8. The van der Waals surface area contributed by atoms with Crippen LogP contribution in [0.2, 0.25) is 5.02 Å². The Bertz CT molecular complexity index is 4940. The number of halogens is 1. The molecule has 41 heteroatoms. The van der Waals surface area contributed by atoms with Gasteiger partial charge in [0.2, 0.25) is 41.1 Å². The molecule has 0 fully saturated rings. The fourth-order valence-electron chi connectivity index (χ4n) is 12.6. The second-order valence-corrected chi connectivity index (χ2v) is 28.2. The van der Waals surface area contributed by atoms with Crippen LogP contribution in [0, 0.1) is 5.41 Å². The number of nitrogens with two attached hydrogens (primary N) is 2. The van der Waals surface area contributed by atoms with Crippen LogP contribution in [-0.4, -0.2) is 247 Å². The average molecular weight is 1700 g/mol. The lowest BCUT2D eigenvalue weighted by Gasteiger charge is -2.35. The number of aromatic nitrogens is 8. The highest BCUT2D eigenvalue weighted by molar-refractivity contribution is 6.33. The molecule has 9 rings (SSSR count). The molecule has 15 N–H and O–H groups in total. The van der Waals surface area contributed by atoms with Crippen molar-refractivity contribution < 1.29 is 85.8 Å². The van der Waals surface area contributed by atoms with E-state index in [2.05, 4.69) is 81.1 Å². The van der Waals surface area contributed by atoms with Crippen LogP contribution in [0.4, 0.5) is 40.2 Å². The third-order valence-corrected chi connectivity index (χ3v) is 18.8. The topological polar surface area (TPSA) is 507 Å². The minimum atomic E-state index is -0.710. The van der Waals surface area contributed by atoms with Crippen LogP contribution in [0.3, 0.4) is 0 Å². The Hall–Kier alpha value is -12.4. The van der Waals surface area contributed by atoms with Crippen molar-refractivity contribution in [3.63, 3.8) is 0 Å². The highest BCUT2D eigenvalue weighted by Crippen LogP contribution is 2.41. The molecule has 650 valence electrons. The van der Waals surface area contributed by atoms with Gasteiger partial charge in [-0.3, -0.25) is 53.4 Å². The van der Waals surface area contributed by atoms with Crippen molar-refractivity contribution in [2.75, 3.05) is 176 Å². The summed E-state index contributed by atoms with van der Waals surface area (Å²) in [4.78, 5) is 145. The molecule has 0 saturated heterocycles. The van der Waals surface area contributed by atoms with Crippen LogP contribution >= 0.6 is 11.6 Å². The zero-order chi connectivity index (χ0) is 86.9. The number of amides is 10. The van der Waals surface area contributed by atoms with E-state index in [9.17, 15) is 47.9 Å². The first-order valence-corrected chi connectivity index (χ1v) is 39.5. The van der Waals surface area contributed by atoms with Crippen molar-refractivity contribution >= 4 is 117 Å². The minimum absolute atomic E-state index is 0.00175. The Morgan fingerprint density at radius 1 is 0.463 bits per heavy atom. The van der Waals surface area contributed by atoms with E-state index >= 15 is 0 Å². The molecule has 0 bridgehead atoms. The number of guanidine groups is 1. The summed E-state index contributed by atoms with van der Waals surface area (Å²) in [5.74, 6) is -4.79. The van der Waals surface area contributed by atoms with Gasteiger partial charge < -0.3 is 130 Å². The smallest absolute Gasteiger partial charge is 0.291 e. The maximum absolute atomic E-state index is 13.5. The van der Waals surface area contributed by atoms with Crippen LogP contribution in [0.15, 0.2) is 97.7 Å². The first-order valence-electron chi connectivity index (χ1n) is 39.1. The van der Waals surface area contributed by atoms with E-state index < -0.39 is 47.3 Å². The Morgan fingerprint density at radius 2 is 0.926 bits per heavy atom. The third-order valence-electron chi connectivity index (χ3n) is 18.5. The molecule has 1 aliphatic heterocycles. The van der Waals surface area contributed by atoms with Gasteiger partial charge in [-0.1, -0.05) is 23.7 Å². The molecule has 40 nitrogen and oxygen atoms in total. The number of fused-ring (bicyclic) bond motifs is 1. The number of ether oxygens (including phenoxy) is 8. The molecule has 3 aromatic carbocycles. The van der Waals surface area contributed by atoms with Crippen LogP contribution in [0.1, 0.15) is 108 Å². The number of anilines is 7. The number of nitrogens with zero attached hydrogens (tertiary/aromatic N) is 9. The predicted octanol–water partition coefficient (Wildman–Crippen LogP) is 3.95. The number of rotatable bonds is 49. The maximum Gasteiger partial charge on any atom is 0.291 e. The van der Waals surface area contributed by atoms with Crippen LogP contribution < -0.4 is 69.5 Å². The number of benzene rings is 3. The lowest BCUT2D eigenvalue weighted by molar-refractivity contribution is -0.117. The van der Waals surface area contributed by atoms with Crippen LogP contribution in [0.25, 0.3) is 22.3 Å². The summed E-state index contributed by atoms with van der Waals surface area (Å²) >= 11 is 6.73. The summed E-state index contributed by atoms with van der Waals surface area (Å²) < 4.78 is 51.9. The summed E-state index contributed by atoms with van der Waals surface area (Å²) in [6, 6.07) is 20.0. The number of carbonyl (C=O) groups is 10. The summed E-state index contributed by atoms with van der Waals surface area (Å²) in [6.07, 6.45) is 8.73. The molecule has 1 atom stereocenters. The van der Waals surface area contributed by atoms with E-state index in [-0.39, 0.29) is 147 Å². The highest BCUT2D eigenvalue weighted by atomic mass is 35.5. The number of aryl methyl sites for hydroxylation is 6. The van der Waals surface area contributed by atoms with Gasteiger partial charge in [0.15, 0.2) is 23.4 Å². The molecule has 121 heavy (non-hydrogen) atoms. The molecule has 10 amide bonds. The predicted molar refractivity (Wildman–Crippen MR) is 450 cm³/mol. The fraction of sp³-hybridized carbons (Fsp3) is 0.425.